The van der Waals surface area contributed by atoms with Crippen LogP contribution in [0.3, 0.4) is 0 Å². The zero-order chi connectivity index (χ0) is 25.2. The third kappa shape index (κ3) is 2.78. The van der Waals surface area contributed by atoms with Crippen LogP contribution < -0.4 is 0 Å². The normalized spacial score (nSPS) is 49.6. The highest BCUT2D eigenvalue weighted by Crippen LogP contribution is 2.75. The summed E-state index contributed by atoms with van der Waals surface area (Å²) in [7, 11) is 0. The highest BCUT2D eigenvalue weighted by atomic mass is 16.5. The van der Waals surface area contributed by atoms with Gasteiger partial charge in [0.15, 0.2) is 0 Å². The second-order valence-corrected chi connectivity index (χ2v) is 15.5. The fraction of sp³-hybridized carbons (Fsp3) is 0.839. The lowest BCUT2D eigenvalue weighted by molar-refractivity contribution is -0.225. The third-order valence-electron chi connectivity index (χ3n) is 13.3. The Hall–Kier alpha value is -1.45. The molecule has 0 radical (unpaired) electrons. The molecule has 5 aliphatic carbocycles. The van der Waals surface area contributed by atoms with Gasteiger partial charge in [-0.3, -0.25) is 4.79 Å². The molecule has 4 heteroatoms. The molecule has 4 fully saturated rings. The van der Waals surface area contributed by atoms with Gasteiger partial charge < -0.3 is 9.32 Å². The Bertz CT molecular complexity index is 1080. The van der Waals surface area contributed by atoms with E-state index in [0.29, 0.717) is 24.0 Å². The second-order valence-electron chi connectivity index (χ2n) is 15.5. The summed E-state index contributed by atoms with van der Waals surface area (Å²) < 4.78 is 5.81. The molecule has 4 nitrogen and oxygen atoms in total. The lowest BCUT2D eigenvalue weighted by Crippen LogP contribution is -2.69. The maximum absolute atomic E-state index is 14.4. The van der Waals surface area contributed by atoms with Crippen molar-refractivity contribution in [3.63, 3.8) is 0 Å². The average molecular weight is 480 g/mol. The van der Waals surface area contributed by atoms with E-state index in [1.807, 2.05) is 6.20 Å². The predicted octanol–water partition coefficient (Wildman–Crippen LogP) is 6.95. The van der Waals surface area contributed by atoms with E-state index in [-0.39, 0.29) is 44.3 Å². The zero-order valence-electron chi connectivity index (χ0n) is 23.0. The summed E-state index contributed by atoms with van der Waals surface area (Å²) in [5, 5.41) is 4.20. The molecule has 0 saturated heterocycles. The van der Waals surface area contributed by atoms with Gasteiger partial charge in [0.1, 0.15) is 17.8 Å². The minimum absolute atomic E-state index is 0.0187. The van der Waals surface area contributed by atoms with Crippen molar-refractivity contribution < 1.29 is 14.1 Å². The van der Waals surface area contributed by atoms with Gasteiger partial charge in [-0.15, -0.1) is 0 Å². The molecule has 0 amide bonds. The van der Waals surface area contributed by atoms with E-state index < -0.39 is 0 Å². The van der Waals surface area contributed by atoms with Crippen LogP contribution in [-0.2, 0) is 21.4 Å². The van der Waals surface area contributed by atoms with E-state index >= 15 is 0 Å². The number of rotatable bonds is 1. The van der Waals surface area contributed by atoms with Crippen LogP contribution in [0.2, 0.25) is 0 Å². The number of carbonyl (C=O) groups excluding carboxylic acids is 2. The molecule has 0 aliphatic heterocycles. The fourth-order valence-corrected chi connectivity index (χ4v) is 11.2. The molecular formula is C31H45NO3. The first-order chi connectivity index (χ1) is 16.2. The number of aldehydes is 1. The van der Waals surface area contributed by atoms with Crippen molar-refractivity contribution in [1.82, 2.24) is 5.16 Å². The van der Waals surface area contributed by atoms with Gasteiger partial charge in [-0.05, 0) is 90.8 Å². The van der Waals surface area contributed by atoms with Crippen LogP contribution >= 0.6 is 0 Å². The van der Waals surface area contributed by atoms with Gasteiger partial charge in [0.25, 0.3) is 0 Å². The van der Waals surface area contributed by atoms with E-state index in [9.17, 15) is 9.59 Å². The van der Waals surface area contributed by atoms with Crippen molar-refractivity contribution in [1.29, 1.82) is 0 Å². The first-order valence-electron chi connectivity index (χ1n) is 14.2. The number of hydrogen-bond acceptors (Lipinski definition) is 4. The molecule has 1 heterocycles. The first kappa shape index (κ1) is 23.9. The van der Waals surface area contributed by atoms with E-state index in [1.165, 1.54) is 18.3 Å². The highest BCUT2D eigenvalue weighted by molar-refractivity contribution is 5.85. The molecule has 8 atom stereocenters. The molecule has 5 aliphatic rings. The Morgan fingerprint density at radius 2 is 1.66 bits per heavy atom. The summed E-state index contributed by atoms with van der Waals surface area (Å²) in [6.07, 6.45) is 12.2. The van der Waals surface area contributed by atoms with Crippen LogP contribution in [-0.4, -0.2) is 17.2 Å². The van der Waals surface area contributed by atoms with Crippen LogP contribution in [0.25, 0.3) is 0 Å². The Kier molecular flexibility index (Phi) is 4.71. The summed E-state index contributed by atoms with van der Waals surface area (Å²) in [5.41, 5.74) is 1.18. The first-order valence-corrected chi connectivity index (χ1v) is 14.2. The third-order valence-corrected chi connectivity index (χ3v) is 13.3. The van der Waals surface area contributed by atoms with Crippen molar-refractivity contribution in [3.05, 3.63) is 17.5 Å². The van der Waals surface area contributed by atoms with Crippen LogP contribution in [0.15, 0.2) is 10.7 Å². The van der Waals surface area contributed by atoms with Gasteiger partial charge in [0.05, 0.1) is 6.20 Å². The van der Waals surface area contributed by atoms with Gasteiger partial charge in [0.2, 0.25) is 0 Å². The Morgan fingerprint density at radius 1 is 0.943 bits per heavy atom. The molecule has 1 aromatic rings. The Labute approximate surface area is 211 Å². The predicted molar refractivity (Wildman–Crippen MR) is 136 cm³/mol. The molecular weight excluding hydrogens is 434 g/mol. The lowest BCUT2D eigenvalue weighted by atomic mass is 9.31. The summed E-state index contributed by atoms with van der Waals surface area (Å²) in [6.45, 7) is 16.8. The molecule has 192 valence electrons. The molecule has 0 bridgehead atoms. The van der Waals surface area contributed by atoms with Crippen LogP contribution in [0.4, 0.5) is 0 Å². The van der Waals surface area contributed by atoms with Crippen molar-refractivity contribution in [2.45, 2.75) is 112 Å². The number of fused-ring (bicyclic) bond motifs is 8. The minimum atomic E-state index is -0.288. The second kappa shape index (κ2) is 6.90. The monoisotopic (exact) mass is 479 g/mol. The van der Waals surface area contributed by atoms with Crippen LogP contribution in [0.5, 0.6) is 0 Å². The maximum Gasteiger partial charge on any atom is 0.145 e. The van der Waals surface area contributed by atoms with E-state index in [1.54, 1.807) is 0 Å². The van der Waals surface area contributed by atoms with E-state index in [4.69, 9.17) is 4.52 Å². The molecule has 4 saturated carbocycles. The quantitative estimate of drug-likeness (QED) is 0.409. The topological polar surface area (TPSA) is 60.2 Å². The Balaban J connectivity index is 1.46. The average Bonchev–Trinajstić information content (AvgIpc) is 3.24. The van der Waals surface area contributed by atoms with Crippen molar-refractivity contribution in [3.8, 4) is 0 Å². The lowest BCUT2D eigenvalue weighted by Gasteiger charge is -2.72. The zero-order valence-corrected chi connectivity index (χ0v) is 23.0. The molecule has 6 rings (SSSR count). The van der Waals surface area contributed by atoms with Crippen LogP contribution in [0, 0.1) is 50.7 Å². The molecule has 35 heavy (non-hydrogen) atoms. The van der Waals surface area contributed by atoms with Gasteiger partial charge in [-0.25, -0.2) is 0 Å². The number of nitrogens with zero attached hydrogens (tertiary/aromatic N) is 1. The van der Waals surface area contributed by atoms with Gasteiger partial charge >= 0.3 is 0 Å². The number of aromatic nitrogens is 1. The molecule has 1 aromatic heterocycles. The fourth-order valence-electron chi connectivity index (χ4n) is 11.2. The summed E-state index contributed by atoms with van der Waals surface area (Å²) in [5.74, 6) is 2.57. The van der Waals surface area contributed by atoms with Gasteiger partial charge in [-0.1, -0.05) is 53.6 Å². The summed E-state index contributed by atoms with van der Waals surface area (Å²) >= 11 is 0. The largest absolute Gasteiger partial charge is 0.361 e. The number of carbonyl (C=O) groups is 2. The maximum atomic E-state index is 14.4. The number of ketones is 1. The molecule has 0 aromatic carbocycles. The van der Waals surface area contributed by atoms with Crippen molar-refractivity contribution in [2.75, 3.05) is 0 Å². The molecule has 0 N–H and O–H groups in total. The van der Waals surface area contributed by atoms with Crippen molar-refractivity contribution >= 4 is 12.1 Å². The molecule has 0 spiro atoms. The SMILES string of the molecule is CC1(C)CC[C@]2(C=O)CC[C@]3(C)C(C(=O)C[C@@H]4[C@@]5(C)Cc6cnoc6C(C)(C)[C@@H]5CC[C@]43C)[C@H]2C1. The number of hydrogen-bond donors (Lipinski definition) is 0. The van der Waals surface area contributed by atoms with Gasteiger partial charge in [0, 0.05) is 28.7 Å². The smallest absolute Gasteiger partial charge is 0.145 e. The summed E-state index contributed by atoms with van der Waals surface area (Å²) in [6, 6.07) is 0. The summed E-state index contributed by atoms with van der Waals surface area (Å²) in [4.78, 5) is 27.0. The minimum Gasteiger partial charge on any atom is -0.361 e. The Morgan fingerprint density at radius 3 is 2.37 bits per heavy atom. The van der Waals surface area contributed by atoms with E-state index in [2.05, 4.69) is 53.6 Å². The van der Waals surface area contributed by atoms with Crippen LogP contribution in [0.1, 0.15) is 111 Å². The van der Waals surface area contributed by atoms with Crippen molar-refractivity contribution in [2.24, 2.45) is 50.7 Å². The molecule has 1 unspecified atom stereocenters. The van der Waals surface area contributed by atoms with E-state index in [0.717, 1.165) is 50.7 Å². The standard InChI is InChI=1S/C31H45NO3/c1-26(2)10-12-31(18-33)13-11-30(7)24(20(31)16-26)21(34)14-23-28(5)15-19-17-32-35-25(19)27(3,4)22(28)8-9-29(23,30)6/h17-18,20,22-24H,8-16H2,1-7H3/t20-,22+,23-,24?,28+,29-,30-,31-/m1/s1. The highest BCUT2D eigenvalue weighted by Gasteiger charge is 2.72. The van der Waals surface area contributed by atoms with Gasteiger partial charge in [-0.2, -0.15) is 0 Å². The number of Topliss-reactive ketones (excluding diaryl/α,β-unsaturated/α-hetero) is 1.